The summed E-state index contributed by atoms with van der Waals surface area (Å²) in [5, 5.41) is 11.7. The van der Waals surface area contributed by atoms with Crippen molar-refractivity contribution in [3.63, 3.8) is 0 Å². The molecule has 19 heavy (non-hydrogen) atoms. The van der Waals surface area contributed by atoms with Crippen molar-refractivity contribution in [1.82, 2.24) is 5.32 Å². The number of carboxylic acids is 1. The van der Waals surface area contributed by atoms with E-state index in [2.05, 4.69) is 21.2 Å². The van der Waals surface area contributed by atoms with Gasteiger partial charge in [0.05, 0.1) is 17.4 Å². The SMILES string of the molecule is COc1cc(C(=O)NCCC(C)(C)C(=O)O)sc1Br. The minimum Gasteiger partial charge on any atom is -0.495 e. The van der Waals surface area contributed by atoms with Gasteiger partial charge in [-0.05, 0) is 36.2 Å². The zero-order chi connectivity index (χ0) is 14.6. The average molecular weight is 350 g/mol. The minimum atomic E-state index is -0.873. The Kier molecular flexibility index (Phi) is 5.37. The summed E-state index contributed by atoms with van der Waals surface area (Å²) in [7, 11) is 1.53. The van der Waals surface area contributed by atoms with Crippen LogP contribution in [-0.2, 0) is 4.79 Å². The number of nitrogens with one attached hydrogen (secondary N) is 1. The number of aliphatic carboxylic acids is 1. The number of carbonyl (C=O) groups is 2. The molecule has 0 radical (unpaired) electrons. The first-order valence-corrected chi connectivity index (χ1v) is 7.24. The van der Waals surface area contributed by atoms with Crippen LogP contribution in [0.1, 0.15) is 29.9 Å². The molecule has 0 atom stereocenters. The number of methoxy groups -OCH3 is 1. The van der Waals surface area contributed by atoms with Gasteiger partial charge in [0.15, 0.2) is 0 Å². The standard InChI is InChI=1S/C12H16BrNO4S/c1-12(2,11(16)17)4-5-14-10(15)8-6-7(18-3)9(13)19-8/h6H,4-5H2,1-3H3,(H,14,15)(H,16,17). The first-order valence-electron chi connectivity index (χ1n) is 5.63. The number of carbonyl (C=O) groups excluding carboxylic acids is 1. The maximum absolute atomic E-state index is 11.9. The van der Waals surface area contributed by atoms with Gasteiger partial charge in [0, 0.05) is 12.6 Å². The first-order chi connectivity index (χ1) is 8.77. The highest BCUT2D eigenvalue weighted by Crippen LogP contribution is 2.34. The quantitative estimate of drug-likeness (QED) is 0.827. The van der Waals surface area contributed by atoms with E-state index in [1.165, 1.54) is 18.4 Å². The molecule has 106 valence electrons. The van der Waals surface area contributed by atoms with Crippen LogP contribution in [0.2, 0.25) is 0 Å². The molecule has 5 nitrogen and oxygen atoms in total. The summed E-state index contributed by atoms with van der Waals surface area (Å²) in [6.45, 7) is 3.58. The van der Waals surface area contributed by atoms with Gasteiger partial charge in [0.1, 0.15) is 9.54 Å². The normalized spacial score (nSPS) is 11.2. The Bertz CT molecular complexity index is 484. The zero-order valence-electron chi connectivity index (χ0n) is 10.9. The van der Waals surface area contributed by atoms with E-state index in [0.717, 1.165) is 3.79 Å². The predicted octanol–water partition coefficient (Wildman–Crippen LogP) is 2.75. The first kappa shape index (κ1) is 16.0. The van der Waals surface area contributed by atoms with E-state index in [0.29, 0.717) is 23.6 Å². The van der Waals surface area contributed by atoms with E-state index in [1.807, 2.05) is 0 Å². The van der Waals surface area contributed by atoms with Crippen LogP contribution in [0, 0.1) is 5.41 Å². The summed E-state index contributed by atoms with van der Waals surface area (Å²) in [4.78, 5) is 23.3. The van der Waals surface area contributed by atoms with Crippen LogP contribution >= 0.6 is 27.3 Å². The molecule has 7 heteroatoms. The average Bonchev–Trinajstić information content (AvgIpc) is 2.70. The van der Waals surface area contributed by atoms with E-state index >= 15 is 0 Å². The van der Waals surface area contributed by atoms with Crippen molar-refractivity contribution in [2.45, 2.75) is 20.3 Å². The molecular weight excluding hydrogens is 334 g/mol. The number of halogens is 1. The third kappa shape index (κ3) is 4.21. The third-order valence-electron chi connectivity index (χ3n) is 2.71. The molecule has 0 saturated heterocycles. The lowest BCUT2D eigenvalue weighted by Crippen LogP contribution is -2.31. The lowest BCUT2D eigenvalue weighted by molar-refractivity contribution is -0.147. The molecule has 1 rings (SSSR count). The van der Waals surface area contributed by atoms with Crippen LogP contribution < -0.4 is 10.1 Å². The van der Waals surface area contributed by atoms with Crippen LogP contribution in [0.15, 0.2) is 9.85 Å². The molecule has 1 amide bonds. The fourth-order valence-corrected chi connectivity index (χ4v) is 2.85. The van der Waals surface area contributed by atoms with Gasteiger partial charge < -0.3 is 15.2 Å². The van der Waals surface area contributed by atoms with Gasteiger partial charge in [-0.2, -0.15) is 0 Å². The molecule has 2 N–H and O–H groups in total. The van der Waals surface area contributed by atoms with E-state index in [9.17, 15) is 9.59 Å². The number of ether oxygens (including phenoxy) is 1. The highest BCUT2D eigenvalue weighted by molar-refractivity contribution is 9.11. The minimum absolute atomic E-state index is 0.227. The molecule has 0 aliphatic carbocycles. The second-order valence-corrected chi connectivity index (χ2v) is 7.02. The lowest BCUT2D eigenvalue weighted by atomic mass is 9.90. The number of amides is 1. The maximum atomic E-state index is 11.9. The molecule has 0 unspecified atom stereocenters. The van der Waals surface area contributed by atoms with Crippen molar-refractivity contribution >= 4 is 39.1 Å². The highest BCUT2D eigenvalue weighted by Gasteiger charge is 2.26. The van der Waals surface area contributed by atoms with Crippen LogP contribution in [0.5, 0.6) is 5.75 Å². The summed E-state index contributed by atoms with van der Waals surface area (Å²) < 4.78 is 5.83. The molecule has 0 fully saturated rings. The molecule has 0 bridgehead atoms. The van der Waals surface area contributed by atoms with Gasteiger partial charge in [-0.25, -0.2) is 0 Å². The maximum Gasteiger partial charge on any atom is 0.309 e. The topological polar surface area (TPSA) is 75.6 Å². The van der Waals surface area contributed by atoms with Crippen molar-refractivity contribution in [1.29, 1.82) is 0 Å². The summed E-state index contributed by atoms with van der Waals surface area (Å²) in [6, 6.07) is 1.65. The molecular formula is C12H16BrNO4S. The van der Waals surface area contributed by atoms with Crippen molar-refractivity contribution in [2.75, 3.05) is 13.7 Å². The van der Waals surface area contributed by atoms with Gasteiger partial charge in [-0.15, -0.1) is 11.3 Å². The van der Waals surface area contributed by atoms with Crippen LogP contribution in [0.4, 0.5) is 0 Å². The van der Waals surface area contributed by atoms with Crippen LogP contribution in [-0.4, -0.2) is 30.6 Å². The van der Waals surface area contributed by atoms with Crippen molar-refractivity contribution < 1.29 is 19.4 Å². The van der Waals surface area contributed by atoms with E-state index < -0.39 is 11.4 Å². The summed E-state index contributed by atoms with van der Waals surface area (Å²) in [5.41, 5.74) is -0.846. The van der Waals surface area contributed by atoms with Crippen molar-refractivity contribution in [3.05, 3.63) is 14.7 Å². The van der Waals surface area contributed by atoms with Crippen LogP contribution in [0.25, 0.3) is 0 Å². The fourth-order valence-electron chi connectivity index (χ4n) is 1.29. The van der Waals surface area contributed by atoms with E-state index in [1.54, 1.807) is 19.9 Å². The molecule has 0 aromatic carbocycles. The Hall–Kier alpha value is -1.08. The van der Waals surface area contributed by atoms with Crippen molar-refractivity contribution in [3.8, 4) is 5.75 Å². The largest absolute Gasteiger partial charge is 0.495 e. The molecule has 0 spiro atoms. The van der Waals surface area contributed by atoms with Gasteiger partial charge in [-0.1, -0.05) is 0 Å². The number of hydrogen-bond acceptors (Lipinski definition) is 4. The Morgan fingerprint density at radius 3 is 2.63 bits per heavy atom. The van der Waals surface area contributed by atoms with Gasteiger partial charge in [0.25, 0.3) is 5.91 Å². The Morgan fingerprint density at radius 1 is 1.53 bits per heavy atom. The van der Waals surface area contributed by atoms with Crippen LogP contribution in [0.3, 0.4) is 0 Å². The lowest BCUT2D eigenvalue weighted by Gasteiger charge is -2.18. The molecule has 0 aliphatic heterocycles. The summed E-state index contributed by atoms with van der Waals surface area (Å²) >= 11 is 4.57. The molecule has 1 aromatic heterocycles. The second-order valence-electron chi connectivity index (χ2n) is 4.65. The summed E-state index contributed by atoms with van der Waals surface area (Å²) in [5.74, 6) is -0.488. The highest BCUT2D eigenvalue weighted by atomic mass is 79.9. The Labute approximate surface area is 124 Å². The second kappa shape index (κ2) is 6.38. The molecule has 0 aliphatic rings. The predicted molar refractivity (Wildman–Crippen MR) is 76.9 cm³/mol. The number of carboxylic acid groups (broad SMARTS) is 1. The van der Waals surface area contributed by atoms with E-state index in [-0.39, 0.29) is 5.91 Å². The van der Waals surface area contributed by atoms with E-state index in [4.69, 9.17) is 9.84 Å². The Balaban J connectivity index is 2.54. The Morgan fingerprint density at radius 2 is 2.16 bits per heavy atom. The van der Waals surface area contributed by atoms with Gasteiger partial charge in [-0.3, -0.25) is 9.59 Å². The summed E-state index contributed by atoms with van der Waals surface area (Å²) in [6.07, 6.45) is 0.373. The smallest absolute Gasteiger partial charge is 0.309 e. The van der Waals surface area contributed by atoms with Gasteiger partial charge in [0.2, 0.25) is 0 Å². The number of thiophene rings is 1. The number of hydrogen-bond donors (Lipinski definition) is 2. The van der Waals surface area contributed by atoms with Gasteiger partial charge >= 0.3 is 5.97 Å². The number of rotatable bonds is 6. The van der Waals surface area contributed by atoms with Crippen molar-refractivity contribution in [2.24, 2.45) is 5.41 Å². The third-order valence-corrected chi connectivity index (χ3v) is 4.49. The molecule has 0 saturated carbocycles. The zero-order valence-corrected chi connectivity index (χ0v) is 13.4. The molecule has 1 heterocycles. The molecule has 1 aromatic rings. The fraction of sp³-hybridized carbons (Fsp3) is 0.500. The monoisotopic (exact) mass is 349 g/mol.